The van der Waals surface area contributed by atoms with Gasteiger partial charge in [-0.25, -0.2) is 4.98 Å². The van der Waals surface area contributed by atoms with Gasteiger partial charge in [-0.2, -0.15) is 9.61 Å². The maximum atomic E-state index is 5.18. The Hall–Kier alpha value is -3.29. The highest BCUT2D eigenvalue weighted by molar-refractivity contribution is 5.87. The number of fused-ring (bicyclic) bond motifs is 2. The summed E-state index contributed by atoms with van der Waals surface area (Å²) in [6.45, 7) is 0.477. The van der Waals surface area contributed by atoms with Crippen molar-refractivity contribution in [3.63, 3.8) is 0 Å². The lowest BCUT2D eigenvalue weighted by Gasteiger charge is -2.08. The molecule has 0 aromatic carbocycles. The molecule has 1 N–H and O–H groups in total. The fourth-order valence-corrected chi connectivity index (χ4v) is 2.34. The van der Waals surface area contributed by atoms with E-state index in [1.54, 1.807) is 30.2 Å². The van der Waals surface area contributed by atoms with Crippen molar-refractivity contribution in [1.82, 2.24) is 29.8 Å². The third-order valence-electron chi connectivity index (χ3n) is 3.47. The third kappa shape index (κ3) is 2.39. The largest absolute Gasteiger partial charge is 0.495 e. The van der Waals surface area contributed by atoms with Crippen LogP contribution in [0, 0.1) is 0 Å². The number of methoxy groups -OCH3 is 1. The van der Waals surface area contributed by atoms with Crippen molar-refractivity contribution in [2.24, 2.45) is 0 Å². The molecule has 4 heterocycles. The summed E-state index contributed by atoms with van der Waals surface area (Å²) in [5, 5.41) is 15.8. The average molecular weight is 307 g/mol. The highest BCUT2D eigenvalue weighted by atomic mass is 16.5. The van der Waals surface area contributed by atoms with Gasteiger partial charge in [-0.15, -0.1) is 10.2 Å². The van der Waals surface area contributed by atoms with Crippen molar-refractivity contribution in [3.8, 4) is 5.75 Å². The number of pyridine rings is 2. The number of nitrogens with one attached hydrogen (secondary N) is 1. The number of anilines is 1. The van der Waals surface area contributed by atoms with E-state index in [9.17, 15) is 0 Å². The van der Waals surface area contributed by atoms with Crippen molar-refractivity contribution < 1.29 is 4.74 Å². The van der Waals surface area contributed by atoms with Gasteiger partial charge in [0, 0.05) is 18.5 Å². The van der Waals surface area contributed by atoms with Crippen LogP contribution in [0.1, 0.15) is 5.82 Å². The lowest BCUT2D eigenvalue weighted by atomic mass is 10.2. The highest BCUT2D eigenvalue weighted by Crippen LogP contribution is 2.23. The van der Waals surface area contributed by atoms with Crippen LogP contribution < -0.4 is 10.1 Å². The number of nitrogens with zero attached hydrogens (tertiary/aromatic N) is 6. The van der Waals surface area contributed by atoms with Crippen LogP contribution in [0.15, 0.2) is 42.9 Å². The van der Waals surface area contributed by atoms with Crippen LogP contribution in [-0.2, 0) is 6.54 Å². The maximum absolute atomic E-state index is 5.18. The van der Waals surface area contributed by atoms with Crippen LogP contribution in [0.25, 0.3) is 16.7 Å². The molecule has 0 fully saturated rings. The van der Waals surface area contributed by atoms with Crippen molar-refractivity contribution in [2.75, 3.05) is 12.4 Å². The Morgan fingerprint density at radius 3 is 3.04 bits per heavy atom. The zero-order valence-electron chi connectivity index (χ0n) is 12.3. The molecule has 4 rings (SSSR count). The van der Waals surface area contributed by atoms with Crippen molar-refractivity contribution in [1.29, 1.82) is 0 Å². The van der Waals surface area contributed by atoms with E-state index in [-0.39, 0.29) is 0 Å². The van der Waals surface area contributed by atoms with Gasteiger partial charge in [-0.3, -0.25) is 4.98 Å². The molecule has 4 aromatic rings. The van der Waals surface area contributed by atoms with E-state index in [1.165, 1.54) is 0 Å². The first-order chi connectivity index (χ1) is 11.3. The number of hydrogen-bond donors (Lipinski definition) is 1. The van der Waals surface area contributed by atoms with Crippen LogP contribution in [0.5, 0.6) is 5.75 Å². The van der Waals surface area contributed by atoms with Gasteiger partial charge in [0.1, 0.15) is 11.3 Å². The second-order valence-electron chi connectivity index (χ2n) is 4.86. The summed E-state index contributed by atoms with van der Waals surface area (Å²) in [4.78, 5) is 8.72. The topological polar surface area (TPSA) is 90.1 Å². The monoisotopic (exact) mass is 307 g/mol. The first kappa shape index (κ1) is 13.4. The van der Waals surface area contributed by atoms with E-state index >= 15 is 0 Å². The molecule has 0 saturated carbocycles. The molecule has 0 radical (unpaired) electrons. The fraction of sp³-hybridized carbons (Fsp3) is 0.133. The third-order valence-corrected chi connectivity index (χ3v) is 3.47. The van der Waals surface area contributed by atoms with E-state index < -0.39 is 0 Å². The highest BCUT2D eigenvalue weighted by Gasteiger charge is 2.08. The molecule has 0 aliphatic carbocycles. The van der Waals surface area contributed by atoms with Gasteiger partial charge in [-0.1, -0.05) is 0 Å². The van der Waals surface area contributed by atoms with E-state index in [0.717, 1.165) is 22.5 Å². The predicted molar refractivity (Wildman–Crippen MR) is 84.2 cm³/mol. The molecule has 0 saturated heterocycles. The van der Waals surface area contributed by atoms with Crippen molar-refractivity contribution >= 4 is 22.4 Å². The summed E-state index contributed by atoms with van der Waals surface area (Å²) in [6, 6.07) is 7.41. The van der Waals surface area contributed by atoms with Gasteiger partial charge in [0.25, 0.3) is 0 Å². The van der Waals surface area contributed by atoms with Crippen LogP contribution in [0.3, 0.4) is 0 Å². The zero-order chi connectivity index (χ0) is 15.6. The summed E-state index contributed by atoms with van der Waals surface area (Å²) in [5.41, 5.74) is 3.12. The van der Waals surface area contributed by atoms with E-state index in [2.05, 4.69) is 30.6 Å². The first-order valence-electron chi connectivity index (χ1n) is 7.03. The molecule has 0 atom stereocenters. The SMILES string of the molecule is COc1cnc2c(NCc3nnc4cccnn34)ccnc2c1. The molecule has 8 nitrogen and oxygen atoms in total. The maximum Gasteiger partial charge on any atom is 0.177 e. The Bertz CT molecular complexity index is 982. The molecule has 0 amide bonds. The molecule has 4 aromatic heterocycles. The van der Waals surface area contributed by atoms with Gasteiger partial charge in [-0.05, 0) is 18.2 Å². The van der Waals surface area contributed by atoms with Crippen LogP contribution in [-0.4, -0.2) is 36.9 Å². The Morgan fingerprint density at radius 2 is 2.13 bits per heavy atom. The molecule has 0 unspecified atom stereocenters. The molecule has 114 valence electrons. The average Bonchev–Trinajstić information content (AvgIpc) is 3.02. The molecular weight excluding hydrogens is 294 g/mol. The summed E-state index contributed by atoms with van der Waals surface area (Å²) < 4.78 is 6.88. The molecule has 0 bridgehead atoms. The summed E-state index contributed by atoms with van der Waals surface area (Å²) in [6.07, 6.45) is 5.10. The van der Waals surface area contributed by atoms with Gasteiger partial charge in [0.05, 0.1) is 31.1 Å². The van der Waals surface area contributed by atoms with Crippen molar-refractivity contribution in [3.05, 3.63) is 48.7 Å². The lowest BCUT2D eigenvalue weighted by Crippen LogP contribution is -2.06. The molecule has 23 heavy (non-hydrogen) atoms. The zero-order valence-corrected chi connectivity index (χ0v) is 12.3. The van der Waals surface area contributed by atoms with Crippen LogP contribution in [0.2, 0.25) is 0 Å². The Balaban J connectivity index is 1.65. The van der Waals surface area contributed by atoms with Crippen LogP contribution in [0.4, 0.5) is 5.69 Å². The van der Waals surface area contributed by atoms with Gasteiger partial charge in [0.2, 0.25) is 0 Å². The normalized spacial score (nSPS) is 11.0. The Labute approximate surface area is 131 Å². The minimum absolute atomic E-state index is 0.477. The minimum Gasteiger partial charge on any atom is -0.495 e. The molecule has 0 spiro atoms. The number of ether oxygens (including phenoxy) is 1. The van der Waals surface area contributed by atoms with E-state index in [1.807, 2.05) is 24.3 Å². The Kier molecular flexibility index (Phi) is 3.19. The number of aromatic nitrogens is 6. The Morgan fingerprint density at radius 1 is 1.17 bits per heavy atom. The van der Waals surface area contributed by atoms with Gasteiger partial charge < -0.3 is 10.1 Å². The molecule has 0 aliphatic rings. The smallest absolute Gasteiger partial charge is 0.177 e. The second-order valence-corrected chi connectivity index (χ2v) is 4.86. The summed E-state index contributed by atoms with van der Waals surface area (Å²) in [7, 11) is 1.61. The van der Waals surface area contributed by atoms with E-state index in [0.29, 0.717) is 17.9 Å². The summed E-state index contributed by atoms with van der Waals surface area (Å²) in [5.74, 6) is 1.40. The van der Waals surface area contributed by atoms with E-state index in [4.69, 9.17) is 4.74 Å². The standard InChI is InChI=1S/C15H13N7O/c1-23-10-7-12-15(18-8-10)11(4-6-16-12)17-9-14-21-20-13-3-2-5-19-22(13)14/h2-8H,9H2,1H3,(H,16,17). The molecular formula is C15H13N7O. The van der Waals surface area contributed by atoms with Crippen molar-refractivity contribution in [2.45, 2.75) is 6.54 Å². The summed E-state index contributed by atoms with van der Waals surface area (Å²) >= 11 is 0. The lowest BCUT2D eigenvalue weighted by molar-refractivity contribution is 0.413. The quantitative estimate of drug-likeness (QED) is 0.613. The number of hydrogen-bond acceptors (Lipinski definition) is 7. The molecule has 0 aliphatic heterocycles. The fourth-order valence-electron chi connectivity index (χ4n) is 2.34. The van der Waals surface area contributed by atoms with Gasteiger partial charge in [0.15, 0.2) is 11.5 Å². The predicted octanol–water partition coefficient (Wildman–Crippen LogP) is 1.69. The second kappa shape index (κ2) is 5.48. The minimum atomic E-state index is 0.477. The van der Waals surface area contributed by atoms with Crippen LogP contribution >= 0.6 is 0 Å². The van der Waals surface area contributed by atoms with Gasteiger partial charge >= 0.3 is 0 Å². The first-order valence-corrected chi connectivity index (χ1v) is 7.03. The number of rotatable bonds is 4. The molecule has 8 heteroatoms.